The summed E-state index contributed by atoms with van der Waals surface area (Å²) in [5.74, 6) is 2.47. The molecule has 6 nitrogen and oxygen atoms in total. The van der Waals surface area contributed by atoms with Gasteiger partial charge in [-0.1, -0.05) is 18.2 Å². The molecule has 2 aromatic carbocycles. The number of hydrogen-bond acceptors (Lipinski definition) is 5. The van der Waals surface area contributed by atoms with Crippen molar-refractivity contribution in [2.24, 2.45) is 0 Å². The largest absolute Gasteiger partial charge is 0.493 e. The third kappa shape index (κ3) is 5.58. The summed E-state index contributed by atoms with van der Waals surface area (Å²) in [6, 6.07) is 13.2. The number of rotatable bonds is 10. The Labute approximate surface area is 154 Å². The van der Waals surface area contributed by atoms with Crippen LogP contribution in [0.25, 0.3) is 0 Å². The van der Waals surface area contributed by atoms with Gasteiger partial charge in [-0.05, 0) is 36.2 Å². The smallest absolute Gasteiger partial charge is 0.223 e. The molecule has 0 aliphatic carbocycles. The molecule has 0 fully saturated rings. The third-order valence-corrected chi connectivity index (χ3v) is 3.80. The van der Waals surface area contributed by atoms with E-state index < -0.39 is 0 Å². The Morgan fingerprint density at radius 3 is 2.19 bits per heavy atom. The van der Waals surface area contributed by atoms with Gasteiger partial charge in [-0.2, -0.15) is 0 Å². The van der Waals surface area contributed by atoms with Gasteiger partial charge in [0.1, 0.15) is 5.75 Å². The topological polar surface area (TPSA) is 66.0 Å². The monoisotopic (exact) mass is 359 g/mol. The summed E-state index contributed by atoms with van der Waals surface area (Å²) in [4.78, 5) is 11.9. The van der Waals surface area contributed by atoms with Crippen LogP contribution in [0, 0.1) is 0 Å². The van der Waals surface area contributed by atoms with Gasteiger partial charge < -0.3 is 24.3 Å². The molecule has 0 radical (unpaired) electrons. The molecule has 0 atom stereocenters. The SMILES string of the molecule is COc1cc(CCNC(=O)CCOc2ccccc2)cc(OC)c1OC. The number of benzene rings is 2. The molecule has 6 heteroatoms. The highest BCUT2D eigenvalue weighted by molar-refractivity contribution is 5.76. The van der Waals surface area contributed by atoms with Gasteiger partial charge in [0.2, 0.25) is 11.7 Å². The van der Waals surface area contributed by atoms with Crippen LogP contribution in [0.3, 0.4) is 0 Å². The molecule has 1 amide bonds. The van der Waals surface area contributed by atoms with E-state index in [9.17, 15) is 4.79 Å². The standard InChI is InChI=1S/C20H25NO5/c1-23-17-13-15(14-18(24-2)20(17)25-3)9-11-21-19(22)10-12-26-16-7-5-4-6-8-16/h4-8,13-14H,9-12H2,1-3H3,(H,21,22). The second-order valence-electron chi connectivity index (χ2n) is 5.55. The predicted octanol–water partition coefficient (Wildman–Crippen LogP) is 2.84. The average molecular weight is 359 g/mol. The maximum absolute atomic E-state index is 11.9. The molecule has 0 aliphatic heterocycles. The molecule has 0 bridgehead atoms. The lowest BCUT2D eigenvalue weighted by Crippen LogP contribution is -2.27. The number of carbonyl (C=O) groups is 1. The normalized spacial score (nSPS) is 10.1. The summed E-state index contributed by atoms with van der Waals surface area (Å²) in [6.07, 6.45) is 0.964. The zero-order chi connectivity index (χ0) is 18.8. The van der Waals surface area contributed by atoms with Crippen LogP contribution in [0.1, 0.15) is 12.0 Å². The van der Waals surface area contributed by atoms with Crippen LogP contribution in [0.2, 0.25) is 0 Å². The van der Waals surface area contributed by atoms with Gasteiger partial charge in [0.25, 0.3) is 0 Å². The van der Waals surface area contributed by atoms with Gasteiger partial charge in [0.15, 0.2) is 11.5 Å². The summed E-state index contributed by atoms with van der Waals surface area (Å²) in [7, 11) is 4.73. The second-order valence-corrected chi connectivity index (χ2v) is 5.55. The van der Waals surface area contributed by atoms with Crippen LogP contribution < -0.4 is 24.3 Å². The lowest BCUT2D eigenvalue weighted by Gasteiger charge is -2.14. The molecule has 2 rings (SSSR count). The van der Waals surface area contributed by atoms with Crippen molar-refractivity contribution < 1.29 is 23.7 Å². The Morgan fingerprint density at radius 1 is 0.962 bits per heavy atom. The highest BCUT2D eigenvalue weighted by Crippen LogP contribution is 2.38. The molecular weight excluding hydrogens is 334 g/mol. The fourth-order valence-corrected chi connectivity index (χ4v) is 2.49. The molecule has 2 aromatic rings. The lowest BCUT2D eigenvalue weighted by molar-refractivity contribution is -0.121. The minimum absolute atomic E-state index is 0.0478. The van der Waals surface area contributed by atoms with Gasteiger partial charge >= 0.3 is 0 Å². The number of nitrogens with one attached hydrogen (secondary N) is 1. The molecule has 0 saturated carbocycles. The maximum Gasteiger partial charge on any atom is 0.223 e. The number of amides is 1. The Kier molecular flexibility index (Phi) is 7.61. The lowest BCUT2D eigenvalue weighted by atomic mass is 10.1. The fourth-order valence-electron chi connectivity index (χ4n) is 2.49. The Hall–Kier alpha value is -2.89. The molecule has 140 valence electrons. The summed E-state index contributed by atoms with van der Waals surface area (Å²) < 4.78 is 21.5. The average Bonchev–Trinajstić information content (AvgIpc) is 2.68. The van der Waals surface area contributed by atoms with Crippen molar-refractivity contribution in [1.82, 2.24) is 5.32 Å². The summed E-state index contributed by atoms with van der Waals surface area (Å²) in [5, 5.41) is 2.89. The van der Waals surface area contributed by atoms with Crippen molar-refractivity contribution in [1.29, 1.82) is 0 Å². The van der Waals surface area contributed by atoms with Gasteiger partial charge in [-0.3, -0.25) is 4.79 Å². The third-order valence-electron chi connectivity index (χ3n) is 3.80. The van der Waals surface area contributed by atoms with Crippen LogP contribution in [-0.2, 0) is 11.2 Å². The van der Waals surface area contributed by atoms with Crippen molar-refractivity contribution in [2.75, 3.05) is 34.5 Å². The van der Waals surface area contributed by atoms with Gasteiger partial charge in [0, 0.05) is 6.54 Å². The van der Waals surface area contributed by atoms with Crippen molar-refractivity contribution >= 4 is 5.91 Å². The minimum atomic E-state index is -0.0478. The van der Waals surface area contributed by atoms with Crippen molar-refractivity contribution in [3.63, 3.8) is 0 Å². The van der Waals surface area contributed by atoms with E-state index in [0.29, 0.717) is 43.2 Å². The molecule has 0 saturated heterocycles. The van der Waals surface area contributed by atoms with E-state index >= 15 is 0 Å². The molecule has 0 heterocycles. The Morgan fingerprint density at radius 2 is 1.62 bits per heavy atom. The number of para-hydroxylation sites is 1. The zero-order valence-electron chi connectivity index (χ0n) is 15.4. The number of hydrogen-bond donors (Lipinski definition) is 1. The van der Waals surface area contributed by atoms with Crippen LogP contribution >= 0.6 is 0 Å². The first kappa shape index (κ1) is 19.4. The van der Waals surface area contributed by atoms with Gasteiger partial charge in [-0.25, -0.2) is 0 Å². The van der Waals surface area contributed by atoms with E-state index in [2.05, 4.69) is 5.32 Å². The van der Waals surface area contributed by atoms with Gasteiger partial charge in [-0.15, -0.1) is 0 Å². The molecule has 0 unspecified atom stereocenters. The predicted molar refractivity (Wildman–Crippen MR) is 99.4 cm³/mol. The second kappa shape index (κ2) is 10.2. The minimum Gasteiger partial charge on any atom is -0.493 e. The number of methoxy groups -OCH3 is 3. The van der Waals surface area contributed by atoms with E-state index in [-0.39, 0.29) is 5.91 Å². The summed E-state index contributed by atoms with van der Waals surface area (Å²) in [6.45, 7) is 0.864. The molecule has 0 aromatic heterocycles. The molecule has 1 N–H and O–H groups in total. The highest BCUT2D eigenvalue weighted by atomic mass is 16.5. The summed E-state index contributed by atoms with van der Waals surface area (Å²) in [5.41, 5.74) is 0.986. The van der Waals surface area contributed by atoms with Crippen molar-refractivity contribution in [3.05, 3.63) is 48.0 Å². The Bertz CT molecular complexity index is 678. The molecule has 0 aliphatic rings. The van der Waals surface area contributed by atoms with E-state index in [4.69, 9.17) is 18.9 Å². The first-order chi connectivity index (χ1) is 12.7. The Balaban J connectivity index is 1.79. The van der Waals surface area contributed by atoms with E-state index in [0.717, 1.165) is 11.3 Å². The van der Waals surface area contributed by atoms with Crippen molar-refractivity contribution in [2.45, 2.75) is 12.8 Å². The molecule has 26 heavy (non-hydrogen) atoms. The zero-order valence-corrected chi connectivity index (χ0v) is 15.4. The van der Waals surface area contributed by atoms with Crippen LogP contribution in [-0.4, -0.2) is 40.4 Å². The van der Waals surface area contributed by atoms with Crippen LogP contribution in [0.5, 0.6) is 23.0 Å². The maximum atomic E-state index is 11.9. The van der Waals surface area contributed by atoms with Crippen molar-refractivity contribution in [3.8, 4) is 23.0 Å². The van der Waals surface area contributed by atoms with Gasteiger partial charge in [0.05, 0.1) is 34.4 Å². The highest BCUT2D eigenvalue weighted by Gasteiger charge is 2.13. The van der Waals surface area contributed by atoms with E-state index in [1.54, 1.807) is 21.3 Å². The molecular formula is C20H25NO5. The van der Waals surface area contributed by atoms with E-state index in [1.165, 1.54) is 0 Å². The summed E-state index contributed by atoms with van der Waals surface area (Å²) >= 11 is 0. The first-order valence-corrected chi connectivity index (χ1v) is 8.41. The first-order valence-electron chi connectivity index (χ1n) is 8.41. The fraction of sp³-hybridized carbons (Fsp3) is 0.350. The van der Waals surface area contributed by atoms with Crippen LogP contribution in [0.4, 0.5) is 0 Å². The van der Waals surface area contributed by atoms with E-state index in [1.807, 2.05) is 42.5 Å². The quantitative estimate of drug-likeness (QED) is 0.707. The number of carbonyl (C=O) groups excluding carboxylic acids is 1. The van der Waals surface area contributed by atoms with Crippen LogP contribution in [0.15, 0.2) is 42.5 Å². The molecule has 0 spiro atoms. The number of ether oxygens (including phenoxy) is 4.